The molecule has 0 amide bonds. The minimum atomic E-state index is -1.57. The van der Waals surface area contributed by atoms with Crippen molar-refractivity contribution < 1.29 is 49.6 Å². The van der Waals surface area contributed by atoms with Gasteiger partial charge in [0.05, 0.1) is 31.5 Å². The Kier molecular flexibility index (Phi) is 4.30. The Labute approximate surface area is 142 Å². The summed E-state index contributed by atoms with van der Waals surface area (Å²) in [6, 6.07) is 0. The van der Waals surface area contributed by atoms with E-state index in [-0.39, 0.29) is 12.5 Å². The molecule has 0 aromatic rings. The number of ether oxygens (including phenoxy) is 4. The monoisotopic (exact) mass is 362 g/mol. The van der Waals surface area contributed by atoms with Crippen molar-refractivity contribution in [2.75, 3.05) is 13.2 Å². The number of hydrogen-bond acceptors (Lipinski definition) is 10. The maximum Gasteiger partial charge on any atom is 0.208 e. The summed E-state index contributed by atoms with van der Waals surface area (Å²) in [6.07, 6.45) is -6.47. The van der Waals surface area contributed by atoms with Crippen LogP contribution in [0.5, 0.6) is 0 Å². The normalized spacial score (nSPS) is 56.9. The van der Waals surface area contributed by atoms with Crippen LogP contribution in [0.3, 0.4) is 0 Å². The zero-order valence-electron chi connectivity index (χ0n) is 13.2. The Balaban J connectivity index is 1.53. The number of aliphatic hydroxyl groups excluding tert-OH is 6. The fraction of sp³-hybridized carbons (Fsp3) is 0.867. The Bertz CT molecular complexity index is 540. The molecule has 1 aliphatic carbocycles. The lowest BCUT2D eigenvalue weighted by Gasteiger charge is -2.43. The molecule has 0 spiro atoms. The van der Waals surface area contributed by atoms with Crippen LogP contribution in [0.4, 0.5) is 0 Å². The van der Waals surface area contributed by atoms with Crippen molar-refractivity contribution >= 4 is 0 Å². The van der Waals surface area contributed by atoms with Gasteiger partial charge >= 0.3 is 0 Å². The summed E-state index contributed by atoms with van der Waals surface area (Å²) in [6.45, 7) is -0.908. The third-order valence-corrected chi connectivity index (χ3v) is 5.62. The lowest BCUT2D eigenvalue weighted by atomic mass is 9.85. The molecule has 3 aliphatic heterocycles. The number of epoxide rings is 1. The molecule has 0 aromatic heterocycles. The average Bonchev–Trinajstić information content (AvgIpc) is 3.31. The van der Waals surface area contributed by atoms with Gasteiger partial charge in [0.1, 0.15) is 36.1 Å². The highest BCUT2D eigenvalue weighted by Gasteiger charge is 2.75. The first kappa shape index (κ1) is 17.6. The number of hydrogen-bond donors (Lipinski definition) is 6. The van der Waals surface area contributed by atoms with E-state index in [0.717, 1.165) is 0 Å². The summed E-state index contributed by atoms with van der Waals surface area (Å²) in [7, 11) is 0. The summed E-state index contributed by atoms with van der Waals surface area (Å²) in [4.78, 5) is 0. The van der Waals surface area contributed by atoms with Crippen LogP contribution in [0.15, 0.2) is 12.3 Å². The third-order valence-electron chi connectivity index (χ3n) is 5.62. The van der Waals surface area contributed by atoms with Crippen molar-refractivity contribution in [3.05, 3.63) is 12.3 Å². The lowest BCUT2D eigenvalue weighted by molar-refractivity contribution is -0.344. The van der Waals surface area contributed by atoms with E-state index < -0.39 is 67.3 Å². The van der Waals surface area contributed by atoms with Gasteiger partial charge in [-0.3, -0.25) is 0 Å². The molecule has 3 fully saturated rings. The molecule has 25 heavy (non-hydrogen) atoms. The molecule has 142 valence electrons. The molecule has 11 atom stereocenters. The van der Waals surface area contributed by atoms with Gasteiger partial charge in [-0.25, -0.2) is 0 Å². The second-order valence-corrected chi connectivity index (χ2v) is 6.91. The molecule has 0 radical (unpaired) electrons. The van der Waals surface area contributed by atoms with Gasteiger partial charge in [-0.15, -0.1) is 0 Å². The van der Waals surface area contributed by atoms with E-state index in [4.69, 9.17) is 18.9 Å². The SMILES string of the molecule is OC[C@H]1O[C@@H](O[C@@H]2OC=C[C@H]3[C@H](O)[C@H]4O[C@@]4(CO)[C@@H]23)[C@H](O)[C@@H](O)[C@@H]1O. The van der Waals surface area contributed by atoms with Crippen molar-refractivity contribution in [1.82, 2.24) is 0 Å². The van der Waals surface area contributed by atoms with Crippen LogP contribution in [-0.2, 0) is 18.9 Å². The highest BCUT2D eigenvalue weighted by Crippen LogP contribution is 2.59. The van der Waals surface area contributed by atoms with E-state index in [9.17, 15) is 30.6 Å². The molecule has 6 N–H and O–H groups in total. The fourth-order valence-corrected chi connectivity index (χ4v) is 4.17. The highest BCUT2D eigenvalue weighted by molar-refractivity contribution is 5.24. The van der Waals surface area contributed by atoms with Crippen LogP contribution < -0.4 is 0 Å². The molecule has 2 saturated heterocycles. The average molecular weight is 362 g/mol. The molecule has 0 bridgehead atoms. The quantitative estimate of drug-likeness (QED) is 0.276. The summed E-state index contributed by atoms with van der Waals surface area (Å²) >= 11 is 0. The van der Waals surface area contributed by atoms with E-state index >= 15 is 0 Å². The molecular weight excluding hydrogens is 340 g/mol. The molecule has 3 heterocycles. The molecule has 0 aromatic carbocycles. The minimum Gasteiger partial charge on any atom is -0.472 e. The van der Waals surface area contributed by atoms with E-state index in [2.05, 4.69) is 0 Å². The smallest absolute Gasteiger partial charge is 0.208 e. The Morgan fingerprint density at radius 3 is 2.40 bits per heavy atom. The molecular formula is C15H22O10. The van der Waals surface area contributed by atoms with Crippen LogP contribution in [0.1, 0.15) is 0 Å². The van der Waals surface area contributed by atoms with E-state index in [1.165, 1.54) is 6.26 Å². The van der Waals surface area contributed by atoms with Gasteiger partial charge in [-0.2, -0.15) is 0 Å². The molecule has 1 saturated carbocycles. The Morgan fingerprint density at radius 2 is 1.72 bits per heavy atom. The van der Waals surface area contributed by atoms with Crippen LogP contribution in [0.25, 0.3) is 0 Å². The van der Waals surface area contributed by atoms with Crippen LogP contribution in [-0.4, -0.2) is 98.7 Å². The predicted molar refractivity (Wildman–Crippen MR) is 76.5 cm³/mol. The summed E-state index contributed by atoms with van der Waals surface area (Å²) in [5.41, 5.74) is -0.992. The second-order valence-electron chi connectivity index (χ2n) is 6.91. The maximum atomic E-state index is 10.3. The van der Waals surface area contributed by atoms with Crippen LogP contribution >= 0.6 is 0 Å². The van der Waals surface area contributed by atoms with E-state index in [1.54, 1.807) is 6.08 Å². The first-order valence-electron chi connectivity index (χ1n) is 8.19. The van der Waals surface area contributed by atoms with Gasteiger partial charge in [0.25, 0.3) is 0 Å². The van der Waals surface area contributed by atoms with Crippen molar-refractivity contribution in [2.45, 2.75) is 54.8 Å². The minimum absolute atomic E-state index is 0.332. The standard InChI is InChI=1S/C15H22O10/c16-3-6-9(19)10(20)11(21)14(23-6)24-13-7-5(1-2-22-13)8(18)12-15(7,4-17)25-12/h1-2,5-14,16-21H,3-4H2/t5-,6-,7-,8+,9-,10+,11-,12-,13+,14+,15+/m1/s1. The first-order chi connectivity index (χ1) is 11.9. The van der Waals surface area contributed by atoms with Crippen LogP contribution in [0.2, 0.25) is 0 Å². The zero-order chi connectivity index (χ0) is 17.9. The van der Waals surface area contributed by atoms with Gasteiger partial charge in [0, 0.05) is 5.92 Å². The summed E-state index contributed by atoms with van der Waals surface area (Å²) in [5.74, 6) is -0.913. The number of fused-ring (bicyclic) bond motifs is 3. The lowest BCUT2D eigenvalue weighted by Crippen LogP contribution is -2.60. The van der Waals surface area contributed by atoms with Gasteiger partial charge < -0.3 is 49.6 Å². The van der Waals surface area contributed by atoms with E-state index in [1.807, 2.05) is 0 Å². The number of aliphatic hydroxyl groups is 6. The topological polar surface area (TPSA) is 162 Å². The predicted octanol–water partition coefficient (Wildman–Crippen LogP) is -3.59. The first-order valence-corrected chi connectivity index (χ1v) is 8.19. The van der Waals surface area contributed by atoms with Crippen LogP contribution in [0, 0.1) is 11.8 Å². The summed E-state index contributed by atoms with van der Waals surface area (Å²) < 4.78 is 21.9. The second kappa shape index (κ2) is 6.12. The Hall–Kier alpha value is -0.820. The Morgan fingerprint density at radius 1 is 0.960 bits per heavy atom. The molecule has 4 aliphatic rings. The molecule has 10 nitrogen and oxygen atoms in total. The van der Waals surface area contributed by atoms with Gasteiger partial charge in [-0.05, 0) is 6.08 Å². The van der Waals surface area contributed by atoms with Crippen molar-refractivity contribution in [2.24, 2.45) is 11.8 Å². The van der Waals surface area contributed by atoms with Crippen molar-refractivity contribution in [3.63, 3.8) is 0 Å². The molecule has 4 rings (SSSR count). The zero-order valence-corrected chi connectivity index (χ0v) is 13.2. The van der Waals surface area contributed by atoms with Crippen molar-refractivity contribution in [1.29, 1.82) is 0 Å². The van der Waals surface area contributed by atoms with Gasteiger partial charge in [0.2, 0.25) is 6.29 Å². The van der Waals surface area contributed by atoms with Gasteiger partial charge in [-0.1, -0.05) is 0 Å². The largest absolute Gasteiger partial charge is 0.472 e. The molecule has 0 unspecified atom stereocenters. The van der Waals surface area contributed by atoms with Gasteiger partial charge in [0.15, 0.2) is 6.29 Å². The summed E-state index contributed by atoms with van der Waals surface area (Å²) in [5, 5.41) is 59.0. The highest BCUT2D eigenvalue weighted by atomic mass is 16.8. The number of rotatable bonds is 4. The van der Waals surface area contributed by atoms with Crippen molar-refractivity contribution in [3.8, 4) is 0 Å². The maximum absolute atomic E-state index is 10.3. The fourth-order valence-electron chi connectivity index (χ4n) is 4.17. The van der Waals surface area contributed by atoms with E-state index in [0.29, 0.717) is 0 Å². The molecule has 10 heteroatoms. The third kappa shape index (κ3) is 2.45.